The fourth-order valence-electron chi connectivity index (χ4n) is 2.66. The van der Waals surface area contributed by atoms with E-state index in [0.29, 0.717) is 23.1 Å². The quantitative estimate of drug-likeness (QED) is 0.497. The van der Waals surface area contributed by atoms with Crippen LogP contribution in [0.25, 0.3) is 17.1 Å². The Hall–Kier alpha value is -3.55. The van der Waals surface area contributed by atoms with Crippen LogP contribution in [0.2, 0.25) is 0 Å². The van der Waals surface area contributed by atoms with Gasteiger partial charge < -0.3 is 14.2 Å². The minimum absolute atomic E-state index is 0.0274. The number of imidazole rings is 1. The first kappa shape index (κ1) is 17.3. The highest BCUT2D eigenvalue weighted by Crippen LogP contribution is 2.40. The zero-order chi connectivity index (χ0) is 18.7. The molecule has 0 amide bonds. The monoisotopic (exact) mass is 355 g/mol. The van der Waals surface area contributed by atoms with Gasteiger partial charge in [0.2, 0.25) is 5.75 Å². The molecule has 0 radical (unpaired) electrons. The van der Waals surface area contributed by atoms with Gasteiger partial charge in [0.05, 0.1) is 31.9 Å². The molecule has 0 saturated heterocycles. The molecule has 1 aromatic heterocycles. The first-order valence-corrected chi connectivity index (χ1v) is 7.67. The largest absolute Gasteiger partial charge is 0.493 e. The third-order valence-corrected chi connectivity index (χ3v) is 3.90. The minimum atomic E-state index is -0.435. The van der Waals surface area contributed by atoms with Gasteiger partial charge in [0.15, 0.2) is 11.5 Å². The Bertz CT molecular complexity index is 909. The third-order valence-electron chi connectivity index (χ3n) is 3.90. The Labute approximate surface area is 149 Å². The number of aromatic nitrogens is 2. The summed E-state index contributed by atoms with van der Waals surface area (Å²) in [6.07, 6.45) is 3.44. The fourth-order valence-corrected chi connectivity index (χ4v) is 2.66. The molecule has 0 saturated carbocycles. The molecule has 0 fully saturated rings. The average Bonchev–Trinajstić information content (AvgIpc) is 3.16. The third kappa shape index (κ3) is 3.04. The van der Waals surface area contributed by atoms with Crippen molar-refractivity contribution in [1.29, 1.82) is 0 Å². The van der Waals surface area contributed by atoms with E-state index in [9.17, 15) is 10.1 Å². The smallest absolute Gasteiger partial charge is 0.269 e. The molecule has 0 aliphatic heterocycles. The number of non-ortho nitro benzene ring substituents is 1. The van der Waals surface area contributed by atoms with Crippen molar-refractivity contribution >= 4 is 5.69 Å². The van der Waals surface area contributed by atoms with Crippen LogP contribution in [0.15, 0.2) is 48.8 Å². The van der Waals surface area contributed by atoms with Crippen LogP contribution in [-0.2, 0) is 0 Å². The zero-order valence-electron chi connectivity index (χ0n) is 14.5. The van der Waals surface area contributed by atoms with Crippen LogP contribution in [-0.4, -0.2) is 35.8 Å². The molecule has 0 bridgehead atoms. The van der Waals surface area contributed by atoms with E-state index in [2.05, 4.69) is 4.98 Å². The van der Waals surface area contributed by atoms with Crippen LogP contribution in [0.3, 0.4) is 0 Å². The summed E-state index contributed by atoms with van der Waals surface area (Å²) >= 11 is 0. The van der Waals surface area contributed by atoms with Crippen LogP contribution < -0.4 is 14.2 Å². The fraction of sp³-hybridized carbons (Fsp3) is 0.167. The number of nitrogens with zero attached hydrogens (tertiary/aromatic N) is 3. The molecule has 2 aromatic carbocycles. The lowest BCUT2D eigenvalue weighted by molar-refractivity contribution is -0.384. The predicted octanol–water partition coefficient (Wildman–Crippen LogP) is 3.47. The van der Waals surface area contributed by atoms with Crippen molar-refractivity contribution in [3.05, 3.63) is 58.9 Å². The maximum atomic E-state index is 10.8. The van der Waals surface area contributed by atoms with E-state index in [1.54, 1.807) is 58.0 Å². The summed E-state index contributed by atoms with van der Waals surface area (Å²) in [5.41, 5.74) is 1.53. The summed E-state index contributed by atoms with van der Waals surface area (Å²) in [5, 5.41) is 10.8. The highest BCUT2D eigenvalue weighted by molar-refractivity contribution is 5.64. The van der Waals surface area contributed by atoms with E-state index < -0.39 is 4.92 Å². The lowest BCUT2D eigenvalue weighted by atomic mass is 10.2. The predicted molar refractivity (Wildman–Crippen MR) is 95.3 cm³/mol. The molecule has 0 N–H and O–H groups in total. The van der Waals surface area contributed by atoms with Gasteiger partial charge in [-0.3, -0.25) is 14.7 Å². The second kappa shape index (κ2) is 7.14. The molecule has 3 rings (SSSR count). The van der Waals surface area contributed by atoms with E-state index in [-0.39, 0.29) is 5.69 Å². The summed E-state index contributed by atoms with van der Waals surface area (Å²) in [7, 11) is 4.64. The lowest BCUT2D eigenvalue weighted by Gasteiger charge is -2.15. The van der Waals surface area contributed by atoms with Gasteiger partial charge in [-0.2, -0.15) is 0 Å². The maximum Gasteiger partial charge on any atom is 0.269 e. The normalized spacial score (nSPS) is 10.4. The molecule has 134 valence electrons. The van der Waals surface area contributed by atoms with Gasteiger partial charge in [-0.25, -0.2) is 4.98 Å². The average molecular weight is 355 g/mol. The minimum Gasteiger partial charge on any atom is -0.493 e. The molecule has 0 spiro atoms. The molecule has 26 heavy (non-hydrogen) atoms. The number of rotatable bonds is 6. The molecule has 8 heteroatoms. The van der Waals surface area contributed by atoms with Crippen LogP contribution in [0.4, 0.5) is 5.69 Å². The van der Waals surface area contributed by atoms with Crippen molar-refractivity contribution < 1.29 is 19.1 Å². The number of methoxy groups -OCH3 is 3. The molecule has 0 aliphatic rings. The van der Waals surface area contributed by atoms with E-state index >= 15 is 0 Å². The van der Waals surface area contributed by atoms with Gasteiger partial charge in [0.1, 0.15) is 5.82 Å². The molecule has 8 nitrogen and oxygen atoms in total. The molecular formula is C18H17N3O5. The van der Waals surface area contributed by atoms with Gasteiger partial charge in [-0.05, 0) is 12.1 Å². The Balaban J connectivity index is 2.09. The van der Waals surface area contributed by atoms with Crippen molar-refractivity contribution in [3.8, 4) is 34.3 Å². The second-order valence-corrected chi connectivity index (χ2v) is 5.31. The molecule has 0 aliphatic carbocycles. The number of hydrogen-bond acceptors (Lipinski definition) is 6. The van der Waals surface area contributed by atoms with Crippen LogP contribution in [0.1, 0.15) is 0 Å². The summed E-state index contributed by atoms with van der Waals surface area (Å²) < 4.78 is 18.0. The summed E-state index contributed by atoms with van der Waals surface area (Å²) in [6.45, 7) is 0. The number of ether oxygens (including phenoxy) is 3. The number of benzene rings is 2. The van der Waals surface area contributed by atoms with Crippen LogP contribution >= 0.6 is 0 Å². The van der Waals surface area contributed by atoms with Crippen molar-refractivity contribution in [1.82, 2.24) is 9.55 Å². The second-order valence-electron chi connectivity index (χ2n) is 5.31. The Morgan fingerprint density at radius 3 is 2.12 bits per heavy atom. The Morgan fingerprint density at radius 1 is 1.00 bits per heavy atom. The van der Waals surface area contributed by atoms with Gasteiger partial charge in [-0.1, -0.05) is 0 Å². The standard InChI is InChI=1S/C18H17N3O5/c1-24-15-10-14(11-16(25-2)17(15)26-3)20-9-8-19-18(20)12-4-6-13(7-5-12)21(22)23/h4-11H,1-3H3. The van der Waals surface area contributed by atoms with Crippen molar-refractivity contribution in [2.45, 2.75) is 0 Å². The van der Waals surface area contributed by atoms with E-state index in [1.165, 1.54) is 12.1 Å². The molecule has 3 aromatic rings. The zero-order valence-corrected chi connectivity index (χ0v) is 14.5. The van der Waals surface area contributed by atoms with E-state index in [0.717, 1.165) is 11.3 Å². The number of hydrogen-bond donors (Lipinski definition) is 0. The van der Waals surface area contributed by atoms with Crippen molar-refractivity contribution in [2.75, 3.05) is 21.3 Å². The Morgan fingerprint density at radius 2 is 1.62 bits per heavy atom. The van der Waals surface area contributed by atoms with Gasteiger partial charge in [-0.15, -0.1) is 0 Å². The van der Waals surface area contributed by atoms with E-state index in [4.69, 9.17) is 14.2 Å². The highest BCUT2D eigenvalue weighted by Gasteiger charge is 2.16. The topological polar surface area (TPSA) is 88.7 Å². The van der Waals surface area contributed by atoms with Gasteiger partial charge in [0.25, 0.3) is 5.69 Å². The van der Waals surface area contributed by atoms with Crippen molar-refractivity contribution in [2.24, 2.45) is 0 Å². The van der Waals surface area contributed by atoms with Crippen LogP contribution in [0, 0.1) is 10.1 Å². The maximum absolute atomic E-state index is 10.8. The highest BCUT2D eigenvalue weighted by atomic mass is 16.6. The first-order chi connectivity index (χ1) is 12.6. The molecule has 1 heterocycles. The van der Waals surface area contributed by atoms with E-state index in [1.807, 2.05) is 4.57 Å². The summed E-state index contributed by atoms with van der Waals surface area (Å²) in [5.74, 6) is 2.17. The molecule has 0 atom stereocenters. The SMILES string of the molecule is COc1cc(-n2ccnc2-c2ccc([N+](=O)[O-])cc2)cc(OC)c1OC. The van der Waals surface area contributed by atoms with Gasteiger partial charge in [0, 0.05) is 42.2 Å². The molecular weight excluding hydrogens is 338 g/mol. The first-order valence-electron chi connectivity index (χ1n) is 7.67. The number of nitro benzene ring substituents is 1. The number of nitro groups is 1. The van der Waals surface area contributed by atoms with Crippen molar-refractivity contribution in [3.63, 3.8) is 0 Å². The lowest BCUT2D eigenvalue weighted by Crippen LogP contribution is -2.01. The summed E-state index contributed by atoms with van der Waals surface area (Å²) in [4.78, 5) is 14.8. The summed E-state index contributed by atoms with van der Waals surface area (Å²) in [6, 6.07) is 9.83. The molecule has 0 unspecified atom stereocenters. The van der Waals surface area contributed by atoms with Gasteiger partial charge >= 0.3 is 0 Å². The van der Waals surface area contributed by atoms with Crippen LogP contribution in [0.5, 0.6) is 17.2 Å². The Kier molecular flexibility index (Phi) is 4.74.